The third-order valence-electron chi connectivity index (χ3n) is 2.91. The molecular formula is C16H18N2OS2. The summed E-state index contributed by atoms with van der Waals surface area (Å²) >= 11 is 3.13. The Morgan fingerprint density at radius 3 is 3.00 bits per heavy atom. The largest absolute Gasteiger partial charge is 0.349 e. The molecule has 0 aliphatic carbocycles. The molecule has 1 atom stereocenters. The molecule has 21 heavy (non-hydrogen) atoms. The molecule has 1 amide bonds. The first-order chi connectivity index (χ1) is 10.1. The highest BCUT2D eigenvalue weighted by atomic mass is 32.1. The first-order valence-corrected chi connectivity index (χ1v) is 8.42. The number of hydrogen-bond acceptors (Lipinski definition) is 4. The number of carbonyl (C=O) groups excluding carboxylic acids is 1. The predicted octanol–water partition coefficient (Wildman–Crippen LogP) is 2.79. The monoisotopic (exact) mass is 318 g/mol. The van der Waals surface area contributed by atoms with E-state index in [0.29, 0.717) is 11.4 Å². The van der Waals surface area contributed by atoms with Gasteiger partial charge in [-0.25, -0.2) is 0 Å². The number of thiophene rings is 2. The number of rotatable bonds is 4. The van der Waals surface area contributed by atoms with Gasteiger partial charge < -0.3 is 11.1 Å². The highest BCUT2D eigenvalue weighted by Gasteiger charge is 2.14. The summed E-state index contributed by atoms with van der Waals surface area (Å²) in [7, 11) is 0. The van der Waals surface area contributed by atoms with Crippen LogP contribution in [-0.4, -0.2) is 18.5 Å². The topological polar surface area (TPSA) is 55.1 Å². The standard InChI is InChI=1S/C16H18N2OS2/c1-11-9-15(21-14(11)6-3-7-17)16(19)18-12(2)10-13-5-4-8-20-13/h4-5,8-9,12H,7,10,17H2,1-2H3,(H,18,19). The van der Waals surface area contributed by atoms with Crippen molar-refractivity contribution in [3.63, 3.8) is 0 Å². The van der Waals surface area contributed by atoms with Gasteiger partial charge in [0, 0.05) is 17.3 Å². The van der Waals surface area contributed by atoms with Crippen LogP contribution in [0.3, 0.4) is 0 Å². The summed E-state index contributed by atoms with van der Waals surface area (Å²) in [5.74, 6) is 5.79. The van der Waals surface area contributed by atoms with Gasteiger partial charge in [-0.1, -0.05) is 17.9 Å². The van der Waals surface area contributed by atoms with Crippen LogP contribution in [0.15, 0.2) is 23.6 Å². The number of carbonyl (C=O) groups is 1. The van der Waals surface area contributed by atoms with Crippen molar-refractivity contribution < 1.29 is 4.79 Å². The summed E-state index contributed by atoms with van der Waals surface area (Å²) in [6, 6.07) is 6.11. The molecule has 2 aromatic heterocycles. The van der Waals surface area contributed by atoms with E-state index in [9.17, 15) is 4.79 Å². The Balaban J connectivity index is 2.00. The first-order valence-electron chi connectivity index (χ1n) is 6.72. The minimum absolute atomic E-state index is 0.0343. The van der Waals surface area contributed by atoms with Gasteiger partial charge in [0.05, 0.1) is 16.3 Å². The maximum absolute atomic E-state index is 12.3. The molecule has 2 heterocycles. The van der Waals surface area contributed by atoms with Crippen LogP contribution in [0.1, 0.15) is 31.9 Å². The van der Waals surface area contributed by atoms with Crippen molar-refractivity contribution in [2.45, 2.75) is 26.3 Å². The first kappa shape index (κ1) is 15.8. The average Bonchev–Trinajstić information content (AvgIpc) is 3.06. The molecular weight excluding hydrogens is 300 g/mol. The molecule has 1 unspecified atom stereocenters. The zero-order valence-electron chi connectivity index (χ0n) is 12.1. The summed E-state index contributed by atoms with van der Waals surface area (Å²) in [5.41, 5.74) is 6.40. The Labute approximate surface area is 133 Å². The molecule has 2 rings (SSSR count). The lowest BCUT2D eigenvalue weighted by Gasteiger charge is -2.11. The van der Waals surface area contributed by atoms with E-state index in [0.717, 1.165) is 16.9 Å². The van der Waals surface area contributed by atoms with E-state index in [1.54, 1.807) is 11.3 Å². The van der Waals surface area contributed by atoms with E-state index in [1.165, 1.54) is 16.2 Å². The lowest BCUT2D eigenvalue weighted by atomic mass is 10.2. The molecule has 3 nitrogen and oxygen atoms in total. The molecule has 0 aliphatic rings. The van der Waals surface area contributed by atoms with E-state index in [4.69, 9.17) is 5.73 Å². The van der Waals surface area contributed by atoms with Crippen molar-refractivity contribution in [3.8, 4) is 11.8 Å². The van der Waals surface area contributed by atoms with Crippen LogP contribution in [0.2, 0.25) is 0 Å². The highest BCUT2D eigenvalue weighted by Crippen LogP contribution is 2.21. The van der Waals surface area contributed by atoms with Gasteiger partial charge in [-0.2, -0.15) is 0 Å². The Bertz CT molecular complexity index is 662. The van der Waals surface area contributed by atoms with E-state index >= 15 is 0 Å². The van der Waals surface area contributed by atoms with Gasteiger partial charge in [0.1, 0.15) is 0 Å². The van der Waals surface area contributed by atoms with Crippen molar-refractivity contribution in [2.75, 3.05) is 6.54 Å². The van der Waals surface area contributed by atoms with E-state index in [1.807, 2.05) is 26.0 Å². The summed E-state index contributed by atoms with van der Waals surface area (Å²) < 4.78 is 0. The van der Waals surface area contributed by atoms with Crippen LogP contribution < -0.4 is 11.1 Å². The van der Waals surface area contributed by atoms with Gasteiger partial charge in [-0.15, -0.1) is 22.7 Å². The van der Waals surface area contributed by atoms with Gasteiger partial charge >= 0.3 is 0 Å². The second-order valence-corrected chi connectivity index (χ2v) is 6.87. The van der Waals surface area contributed by atoms with Crippen molar-refractivity contribution >= 4 is 28.6 Å². The summed E-state index contributed by atoms with van der Waals surface area (Å²) in [6.07, 6.45) is 0.855. The molecule has 0 saturated heterocycles. The molecule has 0 bridgehead atoms. The second-order valence-electron chi connectivity index (χ2n) is 4.79. The van der Waals surface area contributed by atoms with Crippen LogP contribution in [0.5, 0.6) is 0 Å². The Morgan fingerprint density at radius 1 is 1.52 bits per heavy atom. The average molecular weight is 318 g/mol. The lowest BCUT2D eigenvalue weighted by molar-refractivity contribution is 0.0944. The molecule has 0 spiro atoms. The zero-order valence-corrected chi connectivity index (χ0v) is 13.7. The number of aryl methyl sites for hydroxylation is 1. The maximum atomic E-state index is 12.3. The molecule has 3 N–H and O–H groups in total. The van der Waals surface area contributed by atoms with Gasteiger partial charge in [-0.3, -0.25) is 4.79 Å². The van der Waals surface area contributed by atoms with Gasteiger partial charge in [0.2, 0.25) is 0 Å². The minimum Gasteiger partial charge on any atom is -0.349 e. The van der Waals surface area contributed by atoms with E-state index < -0.39 is 0 Å². The van der Waals surface area contributed by atoms with Crippen LogP contribution in [0.25, 0.3) is 0 Å². The number of nitrogens with two attached hydrogens (primary N) is 1. The van der Waals surface area contributed by atoms with Crippen molar-refractivity contribution in [3.05, 3.63) is 43.8 Å². The molecule has 5 heteroatoms. The summed E-state index contributed by atoms with van der Waals surface area (Å²) in [6.45, 7) is 4.31. The predicted molar refractivity (Wildman–Crippen MR) is 89.9 cm³/mol. The summed E-state index contributed by atoms with van der Waals surface area (Å²) in [4.78, 5) is 15.1. The quantitative estimate of drug-likeness (QED) is 0.852. The van der Waals surface area contributed by atoms with Gasteiger partial charge in [-0.05, 0) is 36.9 Å². The van der Waals surface area contributed by atoms with E-state index in [2.05, 4.69) is 28.6 Å². The minimum atomic E-state index is -0.0343. The highest BCUT2D eigenvalue weighted by molar-refractivity contribution is 7.14. The molecule has 0 aromatic carbocycles. The Hall–Kier alpha value is -1.61. The fourth-order valence-electron chi connectivity index (χ4n) is 1.93. The smallest absolute Gasteiger partial charge is 0.261 e. The molecule has 0 saturated carbocycles. The Morgan fingerprint density at radius 2 is 2.33 bits per heavy atom. The van der Waals surface area contributed by atoms with Crippen molar-refractivity contribution in [1.29, 1.82) is 0 Å². The molecule has 2 aromatic rings. The van der Waals surface area contributed by atoms with Crippen molar-refractivity contribution in [1.82, 2.24) is 5.32 Å². The number of nitrogens with one attached hydrogen (secondary N) is 1. The normalized spacial score (nSPS) is 11.6. The molecule has 0 aliphatic heterocycles. The molecule has 0 radical (unpaired) electrons. The number of amides is 1. The lowest BCUT2D eigenvalue weighted by Crippen LogP contribution is -2.33. The van der Waals surface area contributed by atoms with Crippen LogP contribution >= 0.6 is 22.7 Å². The Kier molecular flexibility index (Phi) is 5.57. The maximum Gasteiger partial charge on any atom is 0.261 e. The molecule has 110 valence electrons. The fraction of sp³-hybridized carbons (Fsp3) is 0.312. The fourth-order valence-corrected chi connectivity index (χ4v) is 3.71. The number of hydrogen-bond donors (Lipinski definition) is 2. The zero-order chi connectivity index (χ0) is 15.2. The third-order valence-corrected chi connectivity index (χ3v) is 4.96. The molecule has 0 fully saturated rings. The summed E-state index contributed by atoms with van der Waals surface area (Å²) in [5, 5.41) is 5.09. The van der Waals surface area contributed by atoms with Gasteiger partial charge in [0.15, 0.2) is 0 Å². The third kappa shape index (κ3) is 4.43. The SMILES string of the molecule is Cc1cc(C(=O)NC(C)Cc2cccs2)sc1C#CCN. The van der Waals surface area contributed by atoms with Gasteiger partial charge in [0.25, 0.3) is 5.91 Å². The van der Waals surface area contributed by atoms with E-state index in [-0.39, 0.29) is 11.9 Å². The van der Waals surface area contributed by atoms with Crippen LogP contribution in [0, 0.1) is 18.8 Å². The van der Waals surface area contributed by atoms with Crippen LogP contribution in [-0.2, 0) is 6.42 Å². The second kappa shape index (κ2) is 7.41. The van der Waals surface area contributed by atoms with Crippen LogP contribution in [0.4, 0.5) is 0 Å². The van der Waals surface area contributed by atoms with Crippen molar-refractivity contribution in [2.24, 2.45) is 5.73 Å².